The zero-order valence-electron chi connectivity index (χ0n) is 12.7. The van der Waals surface area contributed by atoms with E-state index in [1.54, 1.807) is 17.0 Å². The van der Waals surface area contributed by atoms with E-state index in [-0.39, 0.29) is 16.7 Å². The number of hydrogen-bond acceptors (Lipinski definition) is 4. The van der Waals surface area contributed by atoms with Gasteiger partial charge in [-0.1, -0.05) is 11.6 Å². The van der Waals surface area contributed by atoms with Crippen LogP contribution >= 0.6 is 11.6 Å². The second-order valence-electron chi connectivity index (χ2n) is 5.87. The Morgan fingerprint density at radius 3 is 2.35 bits per heavy atom. The average molecular weight is 358 g/mol. The van der Waals surface area contributed by atoms with Crippen molar-refractivity contribution in [3.8, 4) is 0 Å². The van der Waals surface area contributed by atoms with E-state index >= 15 is 0 Å². The number of nitrogens with one attached hydrogen (secondary N) is 1. The van der Waals surface area contributed by atoms with Crippen molar-refractivity contribution in [3.63, 3.8) is 0 Å². The van der Waals surface area contributed by atoms with Crippen LogP contribution in [0, 0.1) is 5.92 Å². The van der Waals surface area contributed by atoms with Crippen LogP contribution in [-0.4, -0.2) is 62.8 Å². The first-order valence-electron chi connectivity index (χ1n) is 7.74. The molecular formula is C15H20ClN3O3S. The summed E-state index contributed by atoms with van der Waals surface area (Å²) in [6.07, 6.45) is 0.863. The Bertz CT molecular complexity index is 664. The summed E-state index contributed by atoms with van der Waals surface area (Å²) < 4.78 is 26.6. The van der Waals surface area contributed by atoms with Gasteiger partial charge in [-0.15, -0.1) is 0 Å². The lowest BCUT2D eigenvalue weighted by molar-refractivity contribution is -0.136. The van der Waals surface area contributed by atoms with Crippen LogP contribution in [-0.2, 0) is 14.8 Å². The molecule has 1 aromatic carbocycles. The van der Waals surface area contributed by atoms with E-state index in [9.17, 15) is 13.2 Å². The normalized spacial score (nSPS) is 23.2. The average Bonchev–Trinajstić information content (AvgIpc) is 3.09. The van der Waals surface area contributed by atoms with Gasteiger partial charge in [0.2, 0.25) is 15.9 Å². The van der Waals surface area contributed by atoms with E-state index in [0.717, 1.165) is 19.5 Å². The van der Waals surface area contributed by atoms with E-state index in [4.69, 9.17) is 11.6 Å². The molecule has 2 saturated heterocycles. The third-order valence-corrected chi connectivity index (χ3v) is 6.58. The third kappa shape index (κ3) is 3.52. The summed E-state index contributed by atoms with van der Waals surface area (Å²) in [5, 5.41) is 3.69. The highest BCUT2D eigenvalue weighted by molar-refractivity contribution is 7.89. The fraction of sp³-hybridized carbons (Fsp3) is 0.533. The Morgan fingerprint density at radius 2 is 1.78 bits per heavy atom. The topological polar surface area (TPSA) is 69.7 Å². The van der Waals surface area contributed by atoms with Gasteiger partial charge in [0.1, 0.15) is 0 Å². The highest BCUT2D eigenvalue weighted by Gasteiger charge is 2.33. The first kappa shape index (κ1) is 16.7. The fourth-order valence-corrected chi connectivity index (χ4v) is 4.58. The fourth-order valence-electron chi connectivity index (χ4n) is 3.03. The molecule has 0 saturated carbocycles. The molecule has 2 aliphatic rings. The smallest absolute Gasteiger partial charge is 0.243 e. The standard InChI is InChI=1S/C15H20ClN3O3S/c16-13-1-3-14(4-2-13)23(21,22)19-9-7-18(8-10-19)15(20)12-5-6-17-11-12/h1-4,12,17H,5-11H2. The largest absolute Gasteiger partial charge is 0.340 e. The van der Waals surface area contributed by atoms with Gasteiger partial charge in [-0.25, -0.2) is 8.42 Å². The van der Waals surface area contributed by atoms with E-state index in [1.165, 1.54) is 16.4 Å². The van der Waals surface area contributed by atoms with Gasteiger partial charge in [-0.3, -0.25) is 4.79 Å². The molecule has 6 nitrogen and oxygen atoms in total. The van der Waals surface area contributed by atoms with Crippen LogP contribution in [0.2, 0.25) is 5.02 Å². The molecule has 126 valence electrons. The number of amides is 1. The van der Waals surface area contributed by atoms with Gasteiger partial charge in [0.15, 0.2) is 0 Å². The van der Waals surface area contributed by atoms with Crippen molar-refractivity contribution in [1.82, 2.24) is 14.5 Å². The molecule has 0 aliphatic carbocycles. The number of hydrogen-bond donors (Lipinski definition) is 1. The van der Waals surface area contributed by atoms with Crippen LogP contribution in [0.5, 0.6) is 0 Å². The Morgan fingerprint density at radius 1 is 1.13 bits per heavy atom. The Balaban J connectivity index is 1.64. The molecule has 0 bridgehead atoms. The zero-order chi connectivity index (χ0) is 16.4. The first-order valence-corrected chi connectivity index (χ1v) is 9.55. The van der Waals surface area contributed by atoms with Crippen molar-refractivity contribution in [3.05, 3.63) is 29.3 Å². The molecule has 1 N–H and O–H groups in total. The molecule has 1 atom stereocenters. The quantitative estimate of drug-likeness (QED) is 0.868. The molecule has 1 aromatic rings. The van der Waals surface area contributed by atoms with Crippen LogP contribution in [0.1, 0.15) is 6.42 Å². The predicted molar refractivity (Wildman–Crippen MR) is 87.8 cm³/mol. The van der Waals surface area contributed by atoms with Crippen molar-refractivity contribution in [1.29, 1.82) is 0 Å². The van der Waals surface area contributed by atoms with E-state index < -0.39 is 10.0 Å². The molecule has 8 heteroatoms. The van der Waals surface area contributed by atoms with Crippen LogP contribution in [0.4, 0.5) is 0 Å². The molecule has 1 amide bonds. The molecule has 23 heavy (non-hydrogen) atoms. The van der Waals surface area contributed by atoms with Gasteiger partial charge in [-0.05, 0) is 37.2 Å². The van der Waals surface area contributed by atoms with E-state index in [1.807, 2.05) is 0 Å². The monoisotopic (exact) mass is 357 g/mol. The molecule has 0 radical (unpaired) electrons. The lowest BCUT2D eigenvalue weighted by Crippen LogP contribution is -2.52. The minimum Gasteiger partial charge on any atom is -0.340 e. The maximum atomic E-state index is 12.6. The van der Waals surface area contributed by atoms with Gasteiger partial charge in [0.05, 0.1) is 10.8 Å². The second-order valence-corrected chi connectivity index (χ2v) is 8.25. The summed E-state index contributed by atoms with van der Waals surface area (Å²) in [4.78, 5) is 14.4. The van der Waals surface area contributed by atoms with Gasteiger partial charge >= 0.3 is 0 Å². The minimum atomic E-state index is -3.52. The second kappa shape index (κ2) is 6.76. The van der Waals surface area contributed by atoms with Crippen molar-refractivity contribution in [2.75, 3.05) is 39.3 Å². The number of rotatable bonds is 3. The van der Waals surface area contributed by atoms with Crippen molar-refractivity contribution in [2.24, 2.45) is 5.92 Å². The Labute approximate surface area is 141 Å². The molecule has 0 aromatic heterocycles. The number of halogens is 1. The van der Waals surface area contributed by atoms with Crippen LogP contribution in [0.25, 0.3) is 0 Å². The molecule has 2 aliphatic heterocycles. The van der Waals surface area contributed by atoms with Crippen molar-refractivity contribution in [2.45, 2.75) is 11.3 Å². The summed E-state index contributed by atoms with van der Waals surface area (Å²) in [5.41, 5.74) is 0. The first-order chi connectivity index (χ1) is 11.0. The van der Waals surface area contributed by atoms with Gasteiger partial charge in [0.25, 0.3) is 0 Å². The SMILES string of the molecule is O=C(C1CCNC1)N1CCN(S(=O)(=O)c2ccc(Cl)cc2)CC1. The summed E-state index contributed by atoms with van der Waals surface area (Å²) >= 11 is 5.81. The third-order valence-electron chi connectivity index (χ3n) is 4.41. The molecular weight excluding hydrogens is 338 g/mol. The van der Waals surface area contributed by atoms with Gasteiger partial charge in [-0.2, -0.15) is 4.31 Å². The minimum absolute atomic E-state index is 0.0365. The summed E-state index contributed by atoms with van der Waals surface area (Å²) in [5.74, 6) is 0.174. The lowest BCUT2D eigenvalue weighted by Gasteiger charge is -2.35. The number of nitrogens with zero attached hydrogens (tertiary/aromatic N) is 2. The molecule has 3 rings (SSSR count). The van der Waals surface area contributed by atoms with Crippen LogP contribution in [0.3, 0.4) is 0 Å². The zero-order valence-corrected chi connectivity index (χ0v) is 14.3. The highest BCUT2D eigenvalue weighted by Crippen LogP contribution is 2.21. The summed E-state index contributed by atoms with van der Waals surface area (Å²) in [6, 6.07) is 6.17. The lowest BCUT2D eigenvalue weighted by atomic mass is 10.1. The number of carbonyl (C=O) groups is 1. The Hall–Kier alpha value is -1.15. The van der Waals surface area contributed by atoms with Gasteiger partial charge < -0.3 is 10.2 Å². The maximum Gasteiger partial charge on any atom is 0.243 e. The molecule has 0 spiro atoms. The summed E-state index contributed by atoms with van der Waals surface area (Å²) in [7, 11) is -3.52. The van der Waals surface area contributed by atoms with Gasteiger partial charge in [0, 0.05) is 37.7 Å². The predicted octanol–water partition coefficient (Wildman–Crippen LogP) is 0.782. The van der Waals surface area contributed by atoms with Crippen molar-refractivity contribution < 1.29 is 13.2 Å². The highest BCUT2D eigenvalue weighted by atomic mass is 35.5. The van der Waals surface area contributed by atoms with E-state index in [0.29, 0.717) is 31.2 Å². The van der Waals surface area contributed by atoms with Crippen LogP contribution in [0.15, 0.2) is 29.2 Å². The molecule has 2 heterocycles. The molecule has 2 fully saturated rings. The van der Waals surface area contributed by atoms with Crippen LogP contribution < -0.4 is 5.32 Å². The number of carbonyl (C=O) groups excluding carboxylic acids is 1. The number of piperazine rings is 1. The number of sulfonamides is 1. The maximum absolute atomic E-state index is 12.6. The van der Waals surface area contributed by atoms with E-state index in [2.05, 4.69) is 5.32 Å². The van der Waals surface area contributed by atoms with Crippen molar-refractivity contribution >= 4 is 27.5 Å². The summed E-state index contributed by atoms with van der Waals surface area (Å²) in [6.45, 7) is 3.15. The number of benzene rings is 1. The molecule has 1 unspecified atom stereocenters. The Kier molecular flexibility index (Phi) is 4.91.